The van der Waals surface area contributed by atoms with E-state index in [0.717, 1.165) is 43.4 Å². The maximum absolute atomic E-state index is 4.91. The smallest absolute Gasteiger partial charge is 0.194 e. The predicted molar refractivity (Wildman–Crippen MR) is 131 cm³/mol. The highest BCUT2D eigenvalue weighted by molar-refractivity contribution is 14.0. The van der Waals surface area contributed by atoms with Crippen LogP contribution in [0.4, 0.5) is 0 Å². The largest absolute Gasteiger partial charge is 0.357 e. The lowest BCUT2D eigenvalue weighted by atomic mass is 9.99. The van der Waals surface area contributed by atoms with Crippen molar-refractivity contribution in [3.8, 4) is 5.82 Å². The van der Waals surface area contributed by atoms with Gasteiger partial charge in [0.25, 0.3) is 0 Å². The van der Waals surface area contributed by atoms with Crippen LogP contribution in [0.3, 0.4) is 0 Å². The molecule has 0 bridgehead atoms. The molecule has 1 unspecified atom stereocenters. The first-order chi connectivity index (χ1) is 14.3. The van der Waals surface area contributed by atoms with Gasteiger partial charge in [0.15, 0.2) is 5.96 Å². The van der Waals surface area contributed by atoms with E-state index in [2.05, 4.69) is 63.5 Å². The van der Waals surface area contributed by atoms with Gasteiger partial charge in [-0.15, -0.1) is 24.0 Å². The number of aliphatic imine (C=N–C) groups is 1. The van der Waals surface area contributed by atoms with E-state index in [-0.39, 0.29) is 24.0 Å². The summed E-state index contributed by atoms with van der Waals surface area (Å²) in [5.74, 6) is 2.54. The number of pyridine rings is 1. The molecule has 3 heterocycles. The number of guanidine groups is 1. The lowest BCUT2D eigenvalue weighted by molar-refractivity contribution is 0.460. The summed E-state index contributed by atoms with van der Waals surface area (Å²) in [6.45, 7) is 5.73. The van der Waals surface area contributed by atoms with Crippen molar-refractivity contribution in [2.75, 3.05) is 19.6 Å². The first kappa shape index (κ1) is 22.3. The number of nitrogens with zero attached hydrogens (tertiary/aromatic N) is 5. The molecule has 3 aromatic rings. The summed E-state index contributed by atoms with van der Waals surface area (Å²) >= 11 is 0. The van der Waals surface area contributed by atoms with Gasteiger partial charge >= 0.3 is 0 Å². The maximum Gasteiger partial charge on any atom is 0.194 e. The van der Waals surface area contributed by atoms with E-state index in [1.54, 1.807) is 12.5 Å². The summed E-state index contributed by atoms with van der Waals surface area (Å²) < 4.78 is 1.91. The lowest BCUT2D eigenvalue weighted by Crippen LogP contribution is -2.40. The third kappa shape index (κ3) is 5.81. The maximum atomic E-state index is 4.91. The number of rotatable bonds is 6. The van der Waals surface area contributed by atoms with Gasteiger partial charge < -0.3 is 10.2 Å². The highest BCUT2D eigenvalue weighted by atomic mass is 127. The molecule has 0 radical (unpaired) electrons. The number of likely N-dealkylation sites (tertiary alicyclic amines) is 1. The van der Waals surface area contributed by atoms with Crippen molar-refractivity contribution < 1.29 is 0 Å². The van der Waals surface area contributed by atoms with Crippen molar-refractivity contribution in [1.29, 1.82) is 0 Å². The van der Waals surface area contributed by atoms with Crippen LogP contribution in [0.5, 0.6) is 0 Å². The Labute approximate surface area is 195 Å². The normalized spacial score (nSPS) is 16.4. The Hall–Kier alpha value is -2.42. The Morgan fingerprint density at radius 3 is 2.80 bits per heavy atom. The van der Waals surface area contributed by atoms with E-state index in [1.807, 2.05) is 23.0 Å². The van der Waals surface area contributed by atoms with Gasteiger partial charge in [0.1, 0.15) is 12.1 Å². The van der Waals surface area contributed by atoms with E-state index in [0.29, 0.717) is 12.5 Å². The Morgan fingerprint density at radius 1 is 1.17 bits per heavy atom. The molecule has 4 rings (SSSR count). The lowest BCUT2D eigenvalue weighted by Gasteiger charge is -2.22. The van der Waals surface area contributed by atoms with E-state index >= 15 is 0 Å². The molecule has 1 aromatic carbocycles. The Balaban J connectivity index is 0.00000256. The summed E-state index contributed by atoms with van der Waals surface area (Å²) in [5, 5.41) is 3.47. The van der Waals surface area contributed by atoms with E-state index in [1.165, 1.54) is 12.0 Å². The van der Waals surface area contributed by atoms with Crippen LogP contribution in [0.15, 0.2) is 72.4 Å². The van der Waals surface area contributed by atoms with Gasteiger partial charge in [-0.25, -0.2) is 15.0 Å². The first-order valence-corrected chi connectivity index (χ1v) is 10.3. The van der Waals surface area contributed by atoms with Gasteiger partial charge in [0.05, 0.1) is 6.54 Å². The van der Waals surface area contributed by atoms with Crippen LogP contribution in [0.25, 0.3) is 5.82 Å². The van der Waals surface area contributed by atoms with E-state index < -0.39 is 0 Å². The van der Waals surface area contributed by atoms with Gasteiger partial charge in [0, 0.05) is 38.2 Å². The van der Waals surface area contributed by atoms with Crippen LogP contribution < -0.4 is 5.32 Å². The second kappa shape index (κ2) is 11.1. The van der Waals surface area contributed by atoms with Crippen LogP contribution >= 0.6 is 24.0 Å². The van der Waals surface area contributed by atoms with Gasteiger partial charge in [0.2, 0.25) is 0 Å². The van der Waals surface area contributed by atoms with Crippen molar-refractivity contribution >= 4 is 29.9 Å². The van der Waals surface area contributed by atoms with Gasteiger partial charge in [-0.2, -0.15) is 0 Å². The van der Waals surface area contributed by atoms with Crippen molar-refractivity contribution in [2.45, 2.75) is 26.3 Å². The summed E-state index contributed by atoms with van der Waals surface area (Å²) in [5.41, 5.74) is 2.56. The topological polar surface area (TPSA) is 58.3 Å². The summed E-state index contributed by atoms with van der Waals surface area (Å²) in [4.78, 5) is 15.8. The first-order valence-electron chi connectivity index (χ1n) is 10.3. The second-order valence-electron chi connectivity index (χ2n) is 7.45. The molecule has 0 saturated carbocycles. The minimum atomic E-state index is 0. The number of hydrogen-bond donors (Lipinski definition) is 1. The molecule has 2 aromatic heterocycles. The molecule has 7 heteroatoms. The molecule has 1 aliphatic heterocycles. The summed E-state index contributed by atoms with van der Waals surface area (Å²) in [6, 6.07) is 14.9. The quantitative estimate of drug-likeness (QED) is 0.307. The number of benzene rings is 1. The molecule has 0 aliphatic carbocycles. The van der Waals surface area contributed by atoms with Crippen LogP contribution in [-0.4, -0.2) is 45.0 Å². The third-order valence-corrected chi connectivity index (χ3v) is 5.28. The number of aromatic nitrogens is 3. The van der Waals surface area contributed by atoms with Crippen LogP contribution in [0.1, 0.15) is 24.5 Å². The van der Waals surface area contributed by atoms with Crippen LogP contribution in [0.2, 0.25) is 0 Å². The Bertz CT molecular complexity index is 926. The number of nitrogens with one attached hydrogen (secondary N) is 1. The average Bonchev–Trinajstić information content (AvgIpc) is 3.45. The molecule has 1 fully saturated rings. The fraction of sp³-hybridized carbons (Fsp3) is 0.348. The zero-order valence-electron chi connectivity index (χ0n) is 17.3. The molecule has 30 heavy (non-hydrogen) atoms. The molecule has 158 valence electrons. The number of imidazole rings is 1. The fourth-order valence-corrected chi connectivity index (χ4v) is 3.83. The van der Waals surface area contributed by atoms with Gasteiger partial charge in [-0.3, -0.25) is 4.57 Å². The Kier molecular flexibility index (Phi) is 8.24. The molecular formula is C23H29IN6. The molecule has 0 spiro atoms. The predicted octanol–water partition coefficient (Wildman–Crippen LogP) is 3.92. The van der Waals surface area contributed by atoms with E-state index in [4.69, 9.17) is 4.99 Å². The van der Waals surface area contributed by atoms with Crippen LogP contribution in [-0.2, 0) is 13.0 Å². The second-order valence-corrected chi connectivity index (χ2v) is 7.45. The monoisotopic (exact) mass is 516 g/mol. The zero-order chi connectivity index (χ0) is 19.9. The zero-order valence-corrected chi connectivity index (χ0v) is 19.6. The highest BCUT2D eigenvalue weighted by Crippen LogP contribution is 2.21. The average molecular weight is 516 g/mol. The highest BCUT2D eigenvalue weighted by Gasteiger charge is 2.24. The molecule has 1 N–H and O–H groups in total. The van der Waals surface area contributed by atoms with E-state index in [9.17, 15) is 0 Å². The summed E-state index contributed by atoms with van der Waals surface area (Å²) in [6.07, 6.45) is 9.59. The summed E-state index contributed by atoms with van der Waals surface area (Å²) in [7, 11) is 0. The molecular weight excluding hydrogens is 487 g/mol. The van der Waals surface area contributed by atoms with Crippen molar-refractivity contribution in [1.82, 2.24) is 24.8 Å². The van der Waals surface area contributed by atoms with Gasteiger partial charge in [-0.05, 0) is 48.9 Å². The minimum Gasteiger partial charge on any atom is -0.357 e. The van der Waals surface area contributed by atoms with Crippen molar-refractivity contribution in [2.24, 2.45) is 10.9 Å². The van der Waals surface area contributed by atoms with Crippen molar-refractivity contribution in [3.63, 3.8) is 0 Å². The Morgan fingerprint density at radius 2 is 2.03 bits per heavy atom. The molecule has 1 saturated heterocycles. The standard InChI is InChI=1S/C23H28N6.HI/c1-2-25-23(28-12-9-21(17-28)14-19-6-4-3-5-7-19)27-16-20-8-10-26-22(15-20)29-13-11-24-18-29;/h3-8,10-11,13,15,18,21H,2,9,12,14,16-17H2,1H3,(H,25,27);1H. The minimum absolute atomic E-state index is 0. The van der Waals surface area contributed by atoms with Crippen molar-refractivity contribution in [3.05, 3.63) is 78.5 Å². The third-order valence-electron chi connectivity index (χ3n) is 5.28. The fourth-order valence-electron chi connectivity index (χ4n) is 3.83. The number of halogens is 1. The molecule has 1 aliphatic rings. The number of hydrogen-bond acceptors (Lipinski definition) is 3. The van der Waals surface area contributed by atoms with Crippen LogP contribution in [0, 0.1) is 5.92 Å². The SMILES string of the molecule is CCNC(=NCc1ccnc(-n2ccnc2)c1)N1CCC(Cc2ccccc2)C1.I. The van der Waals surface area contributed by atoms with Gasteiger partial charge in [-0.1, -0.05) is 30.3 Å². The molecule has 0 amide bonds. The molecule has 1 atom stereocenters. The molecule has 6 nitrogen and oxygen atoms in total.